The van der Waals surface area contributed by atoms with Gasteiger partial charge < -0.3 is 10.3 Å². The smallest absolute Gasteiger partial charge is 0.0460 e. The standard InChI is InChI=1S/C27H32N2/c1-17-23-16-22(11-12-24(23)29-25(17)26(3,4)5)28-18(2)27(13-14-27)21-10-9-19-7-6-8-20(19)15-21/h9-12,15-16,28-29H,2,6-8,13-14H2,1,3-5H3. The Hall–Kier alpha value is -2.48. The molecule has 0 aliphatic heterocycles. The lowest BCUT2D eigenvalue weighted by Crippen LogP contribution is -2.16. The van der Waals surface area contributed by atoms with E-state index in [0.29, 0.717) is 0 Å². The molecule has 0 spiro atoms. The summed E-state index contributed by atoms with van der Waals surface area (Å²) in [7, 11) is 0. The predicted molar refractivity (Wildman–Crippen MR) is 124 cm³/mol. The van der Waals surface area contributed by atoms with Gasteiger partial charge in [0.2, 0.25) is 0 Å². The molecule has 2 aliphatic carbocycles. The second kappa shape index (κ2) is 6.26. The van der Waals surface area contributed by atoms with E-state index in [0.717, 1.165) is 11.4 Å². The maximum absolute atomic E-state index is 4.48. The number of allylic oxidation sites excluding steroid dienone is 1. The maximum Gasteiger partial charge on any atom is 0.0460 e. The van der Waals surface area contributed by atoms with Gasteiger partial charge in [-0.25, -0.2) is 0 Å². The Kier molecular flexibility index (Phi) is 4.00. The van der Waals surface area contributed by atoms with Gasteiger partial charge in [-0.05, 0) is 79.5 Å². The lowest BCUT2D eigenvalue weighted by Gasteiger charge is -2.22. The van der Waals surface area contributed by atoms with E-state index in [-0.39, 0.29) is 10.8 Å². The minimum atomic E-state index is 0.107. The number of anilines is 1. The fourth-order valence-electron chi connectivity index (χ4n) is 5.21. The van der Waals surface area contributed by atoms with Gasteiger partial charge in [0.05, 0.1) is 0 Å². The Bertz CT molecular complexity index is 1120. The zero-order valence-corrected chi connectivity index (χ0v) is 18.2. The molecule has 3 aromatic rings. The van der Waals surface area contributed by atoms with Gasteiger partial charge in [-0.3, -0.25) is 0 Å². The first kappa shape index (κ1) is 18.5. The molecule has 1 aromatic heterocycles. The molecule has 1 fully saturated rings. The first-order valence-electron chi connectivity index (χ1n) is 11.0. The predicted octanol–water partition coefficient (Wildman–Crippen LogP) is 6.92. The largest absolute Gasteiger partial charge is 0.359 e. The number of rotatable bonds is 4. The molecule has 0 amide bonds. The molecule has 1 heterocycles. The Morgan fingerprint density at radius 3 is 2.52 bits per heavy atom. The number of aromatic nitrogens is 1. The Morgan fingerprint density at radius 1 is 1.03 bits per heavy atom. The summed E-state index contributed by atoms with van der Waals surface area (Å²) in [6.07, 6.45) is 6.17. The van der Waals surface area contributed by atoms with E-state index in [1.807, 2.05) is 0 Å². The highest BCUT2D eigenvalue weighted by molar-refractivity contribution is 5.88. The van der Waals surface area contributed by atoms with Crippen LogP contribution in [0.1, 0.15) is 68.0 Å². The molecule has 0 radical (unpaired) electrons. The van der Waals surface area contributed by atoms with Crippen LogP contribution in [0.3, 0.4) is 0 Å². The quantitative estimate of drug-likeness (QED) is 0.502. The number of fused-ring (bicyclic) bond motifs is 2. The van der Waals surface area contributed by atoms with Crippen LogP contribution in [0.4, 0.5) is 5.69 Å². The molecule has 2 aromatic carbocycles. The molecule has 150 valence electrons. The molecule has 5 rings (SSSR count). The second-order valence-corrected chi connectivity index (χ2v) is 10.2. The van der Waals surface area contributed by atoms with Crippen LogP contribution >= 0.6 is 0 Å². The van der Waals surface area contributed by atoms with Crippen LogP contribution in [-0.4, -0.2) is 4.98 Å². The van der Waals surface area contributed by atoms with Gasteiger partial charge in [0.15, 0.2) is 0 Å². The van der Waals surface area contributed by atoms with E-state index in [2.05, 4.69) is 81.0 Å². The van der Waals surface area contributed by atoms with Gasteiger partial charge in [0, 0.05) is 38.8 Å². The minimum Gasteiger partial charge on any atom is -0.359 e. The molecule has 1 saturated carbocycles. The average Bonchev–Trinajstić information content (AvgIpc) is 3.24. The fraction of sp³-hybridized carbons (Fsp3) is 0.407. The monoisotopic (exact) mass is 384 g/mol. The van der Waals surface area contributed by atoms with E-state index < -0.39 is 0 Å². The molecule has 2 aliphatic rings. The summed E-state index contributed by atoms with van der Waals surface area (Å²) in [5.74, 6) is 0. The molecule has 2 N–H and O–H groups in total. The molecule has 2 nitrogen and oxygen atoms in total. The first-order chi connectivity index (χ1) is 13.8. The average molecular weight is 385 g/mol. The van der Waals surface area contributed by atoms with Crippen molar-refractivity contribution < 1.29 is 0 Å². The van der Waals surface area contributed by atoms with Crippen molar-refractivity contribution >= 4 is 16.6 Å². The molecule has 0 saturated heterocycles. The molecule has 0 bridgehead atoms. The second-order valence-electron chi connectivity index (χ2n) is 10.2. The summed E-state index contributed by atoms with van der Waals surface area (Å²) in [6.45, 7) is 13.5. The van der Waals surface area contributed by atoms with Crippen molar-refractivity contribution in [3.05, 3.63) is 76.6 Å². The van der Waals surface area contributed by atoms with E-state index >= 15 is 0 Å². The lowest BCUT2D eigenvalue weighted by molar-refractivity contribution is 0.570. The third-order valence-corrected chi connectivity index (χ3v) is 7.08. The highest BCUT2D eigenvalue weighted by Crippen LogP contribution is 2.54. The minimum absolute atomic E-state index is 0.107. The number of hydrogen-bond acceptors (Lipinski definition) is 1. The van der Waals surface area contributed by atoms with Gasteiger partial charge in [0.25, 0.3) is 0 Å². The van der Waals surface area contributed by atoms with E-state index in [9.17, 15) is 0 Å². The molecule has 0 unspecified atom stereocenters. The summed E-state index contributed by atoms with van der Waals surface area (Å²) >= 11 is 0. The normalized spacial score (nSPS) is 17.4. The number of aromatic amines is 1. The van der Waals surface area contributed by atoms with E-state index in [4.69, 9.17) is 0 Å². The molecule has 0 atom stereocenters. The first-order valence-corrected chi connectivity index (χ1v) is 11.0. The van der Waals surface area contributed by atoms with Gasteiger partial charge in [-0.1, -0.05) is 45.5 Å². The Morgan fingerprint density at radius 2 is 1.79 bits per heavy atom. The maximum atomic E-state index is 4.48. The van der Waals surface area contributed by atoms with Crippen LogP contribution in [0.25, 0.3) is 10.9 Å². The zero-order valence-electron chi connectivity index (χ0n) is 18.2. The van der Waals surface area contributed by atoms with Crippen molar-refractivity contribution in [3.63, 3.8) is 0 Å². The van der Waals surface area contributed by atoms with Crippen molar-refractivity contribution in [1.82, 2.24) is 4.98 Å². The number of aryl methyl sites for hydroxylation is 3. The van der Waals surface area contributed by atoms with Crippen molar-refractivity contribution in [3.8, 4) is 0 Å². The lowest BCUT2D eigenvalue weighted by atomic mass is 9.89. The third-order valence-electron chi connectivity index (χ3n) is 7.08. The highest BCUT2D eigenvalue weighted by atomic mass is 14.9. The SMILES string of the molecule is C=C(Nc1ccc2[nH]c(C(C)(C)C)c(C)c2c1)C1(c2ccc3c(c2)CCC3)CC1. The summed E-state index contributed by atoms with van der Waals surface area (Å²) in [6, 6.07) is 13.8. The van der Waals surface area contributed by atoms with Gasteiger partial charge >= 0.3 is 0 Å². The van der Waals surface area contributed by atoms with Gasteiger partial charge in [-0.15, -0.1) is 0 Å². The summed E-state index contributed by atoms with van der Waals surface area (Å²) in [4.78, 5) is 3.63. The third kappa shape index (κ3) is 3.01. The van der Waals surface area contributed by atoms with Crippen LogP contribution in [0.15, 0.2) is 48.7 Å². The van der Waals surface area contributed by atoms with Crippen molar-refractivity contribution in [1.29, 1.82) is 0 Å². The number of nitrogens with one attached hydrogen (secondary N) is 2. The Labute approximate surface area is 174 Å². The topological polar surface area (TPSA) is 27.8 Å². The number of H-pyrrole nitrogens is 1. The molecule has 29 heavy (non-hydrogen) atoms. The van der Waals surface area contributed by atoms with Crippen LogP contribution < -0.4 is 5.32 Å². The van der Waals surface area contributed by atoms with Crippen molar-refractivity contribution in [2.45, 2.75) is 70.6 Å². The van der Waals surface area contributed by atoms with Gasteiger partial charge in [-0.2, -0.15) is 0 Å². The van der Waals surface area contributed by atoms with Crippen LogP contribution in [0.2, 0.25) is 0 Å². The molecular weight excluding hydrogens is 352 g/mol. The zero-order chi connectivity index (χ0) is 20.4. The van der Waals surface area contributed by atoms with Crippen LogP contribution in [0.5, 0.6) is 0 Å². The number of hydrogen-bond donors (Lipinski definition) is 2. The van der Waals surface area contributed by atoms with E-state index in [1.54, 1.807) is 11.1 Å². The highest BCUT2D eigenvalue weighted by Gasteiger charge is 2.47. The van der Waals surface area contributed by atoms with Gasteiger partial charge in [0.1, 0.15) is 0 Å². The van der Waals surface area contributed by atoms with E-state index in [1.165, 1.54) is 59.8 Å². The van der Waals surface area contributed by atoms with Crippen molar-refractivity contribution in [2.24, 2.45) is 0 Å². The summed E-state index contributed by atoms with van der Waals surface area (Å²) in [5, 5.41) is 4.97. The summed E-state index contributed by atoms with van der Waals surface area (Å²) in [5.41, 5.74) is 10.9. The molecule has 2 heteroatoms. The number of benzene rings is 2. The van der Waals surface area contributed by atoms with Crippen molar-refractivity contribution in [2.75, 3.05) is 5.32 Å². The van der Waals surface area contributed by atoms with Crippen LogP contribution in [-0.2, 0) is 23.7 Å². The Balaban J connectivity index is 1.43. The molecular formula is C27H32N2. The van der Waals surface area contributed by atoms with Crippen LogP contribution in [0, 0.1) is 6.92 Å². The fourth-order valence-corrected chi connectivity index (χ4v) is 5.21. The summed E-state index contributed by atoms with van der Waals surface area (Å²) < 4.78 is 0.